The lowest BCUT2D eigenvalue weighted by atomic mass is 10.1. The molecule has 0 aliphatic carbocycles. The molecule has 0 saturated heterocycles. The fraction of sp³-hybridized carbons (Fsp3) is 0.222. The van der Waals surface area contributed by atoms with Crippen molar-refractivity contribution >= 4 is 6.21 Å². The van der Waals surface area contributed by atoms with Crippen LogP contribution in [0.5, 0.6) is 0 Å². The van der Waals surface area contributed by atoms with E-state index in [-0.39, 0.29) is 0 Å². The van der Waals surface area contributed by atoms with Crippen molar-refractivity contribution in [2.24, 2.45) is 5.10 Å². The molecule has 54 valence electrons. The van der Waals surface area contributed by atoms with Gasteiger partial charge in [0.15, 0.2) is 0 Å². The summed E-state index contributed by atoms with van der Waals surface area (Å²) in [6, 6.07) is 9.03. The molecule has 2 nitrogen and oxygen atoms in total. The maximum atomic E-state index is 4.15. The molecule has 0 aromatic heterocycles. The average molecular weight is 144 g/mol. The molecule has 3 rings (SSSR count). The molecule has 2 aliphatic heterocycles. The van der Waals surface area contributed by atoms with E-state index in [9.17, 15) is 0 Å². The van der Waals surface area contributed by atoms with E-state index < -0.39 is 0 Å². The molecule has 2 aliphatic rings. The minimum Gasteiger partial charge on any atom is -0.280 e. The summed E-state index contributed by atoms with van der Waals surface area (Å²) in [4.78, 5) is 0. The van der Waals surface area contributed by atoms with Gasteiger partial charge in [0.2, 0.25) is 0 Å². The molecular weight excluding hydrogens is 136 g/mol. The number of benzene rings is 1. The maximum Gasteiger partial charge on any atom is 0.110 e. The summed E-state index contributed by atoms with van der Waals surface area (Å²) in [5.41, 5.74) is 2.86. The first-order valence-electron chi connectivity index (χ1n) is 3.84. The molecule has 0 radical (unpaired) electrons. The van der Waals surface area contributed by atoms with Crippen molar-refractivity contribution < 1.29 is 0 Å². The summed E-state index contributed by atoms with van der Waals surface area (Å²) < 4.78 is 0. The summed E-state index contributed by atoms with van der Waals surface area (Å²) in [5.74, 6) is 0. The molecule has 0 N–H and O–H groups in total. The molecule has 1 aromatic rings. The van der Waals surface area contributed by atoms with E-state index in [1.807, 2.05) is 6.21 Å². The Bertz CT molecular complexity index is 330. The molecule has 11 heavy (non-hydrogen) atoms. The number of rotatable bonds is 0. The largest absolute Gasteiger partial charge is 0.280 e. The van der Waals surface area contributed by atoms with E-state index in [0.29, 0.717) is 6.04 Å². The van der Waals surface area contributed by atoms with E-state index in [0.717, 1.165) is 6.54 Å². The number of hydrogen-bond acceptors (Lipinski definition) is 2. The Kier molecular flexibility index (Phi) is 0.799. The first-order chi connectivity index (χ1) is 5.45. The minimum absolute atomic E-state index is 0.492. The molecule has 2 heteroatoms. The molecule has 0 fully saturated rings. The van der Waals surface area contributed by atoms with Crippen molar-refractivity contribution in [2.75, 3.05) is 0 Å². The lowest BCUT2D eigenvalue weighted by Gasteiger charge is -2.26. The SMILES string of the molecule is C1=NN2Cc3ccccc3[C@@H]12. The highest BCUT2D eigenvalue weighted by molar-refractivity contribution is 5.73. The summed E-state index contributed by atoms with van der Waals surface area (Å²) in [7, 11) is 0. The smallest absolute Gasteiger partial charge is 0.110 e. The molecule has 0 spiro atoms. The lowest BCUT2D eigenvalue weighted by Crippen LogP contribution is -2.26. The summed E-state index contributed by atoms with van der Waals surface area (Å²) in [6.45, 7) is 0.997. The Labute approximate surface area is 65.1 Å². The third-order valence-corrected chi connectivity index (χ3v) is 2.38. The maximum absolute atomic E-state index is 4.15. The summed E-state index contributed by atoms with van der Waals surface area (Å²) in [6.07, 6.45) is 2.01. The van der Waals surface area contributed by atoms with Crippen LogP contribution < -0.4 is 0 Å². The standard InChI is InChI=1S/C9H8N2/c1-2-4-8-7(3-1)6-11-9(8)5-10-11/h1-5,9H,6H2/t9-/m1/s1. The molecule has 0 amide bonds. The van der Waals surface area contributed by atoms with Crippen LogP contribution in [-0.2, 0) is 6.54 Å². The zero-order valence-electron chi connectivity index (χ0n) is 6.07. The van der Waals surface area contributed by atoms with Crippen LogP contribution in [0, 0.1) is 0 Å². The highest BCUT2D eigenvalue weighted by Crippen LogP contribution is 2.36. The van der Waals surface area contributed by atoms with Crippen molar-refractivity contribution in [2.45, 2.75) is 12.6 Å². The molecule has 0 unspecified atom stereocenters. The third-order valence-electron chi connectivity index (χ3n) is 2.38. The molecule has 1 aromatic carbocycles. The van der Waals surface area contributed by atoms with E-state index in [1.165, 1.54) is 11.1 Å². The van der Waals surface area contributed by atoms with Crippen molar-refractivity contribution in [3.8, 4) is 0 Å². The zero-order chi connectivity index (χ0) is 7.26. The van der Waals surface area contributed by atoms with Gasteiger partial charge in [-0.1, -0.05) is 24.3 Å². The number of fused-ring (bicyclic) bond motifs is 3. The van der Waals surface area contributed by atoms with E-state index >= 15 is 0 Å². The first kappa shape index (κ1) is 5.35. The average Bonchev–Trinajstić information content (AvgIpc) is 2.23. The molecular formula is C9H8N2. The molecule has 0 saturated carbocycles. The Morgan fingerprint density at radius 3 is 3.09 bits per heavy atom. The van der Waals surface area contributed by atoms with Gasteiger partial charge in [-0.25, -0.2) is 0 Å². The predicted octanol–water partition coefficient (Wildman–Crippen LogP) is 1.54. The van der Waals surface area contributed by atoms with Gasteiger partial charge in [-0.05, 0) is 11.1 Å². The van der Waals surface area contributed by atoms with Gasteiger partial charge in [0, 0.05) is 0 Å². The van der Waals surface area contributed by atoms with Gasteiger partial charge < -0.3 is 0 Å². The van der Waals surface area contributed by atoms with Gasteiger partial charge >= 0.3 is 0 Å². The zero-order valence-corrected chi connectivity index (χ0v) is 6.07. The van der Waals surface area contributed by atoms with Crippen molar-refractivity contribution in [3.05, 3.63) is 35.4 Å². The van der Waals surface area contributed by atoms with Gasteiger partial charge in [-0.3, -0.25) is 5.01 Å². The van der Waals surface area contributed by atoms with Crippen molar-refractivity contribution in [1.82, 2.24) is 5.01 Å². The quantitative estimate of drug-likeness (QED) is 0.539. The normalized spacial score (nSPS) is 24.4. The molecule has 1 atom stereocenters. The Balaban J connectivity index is 2.19. The van der Waals surface area contributed by atoms with Crippen molar-refractivity contribution in [1.29, 1.82) is 0 Å². The van der Waals surface area contributed by atoms with Crippen LogP contribution >= 0.6 is 0 Å². The molecule has 0 bridgehead atoms. The number of hydrazone groups is 1. The monoisotopic (exact) mass is 144 g/mol. The lowest BCUT2D eigenvalue weighted by molar-refractivity contribution is 0.241. The number of nitrogens with zero attached hydrogens (tertiary/aromatic N) is 2. The summed E-state index contributed by atoms with van der Waals surface area (Å²) in [5, 5.41) is 6.27. The van der Waals surface area contributed by atoms with Crippen LogP contribution in [0.2, 0.25) is 0 Å². The van der Waals surface area contributed by atoms with E-state index in [2.05, 4.69) is 34.4 Å². The van der Waals surface area contributed by atoms with Crippen LogP contribution in [0.1, 0.15) is 17.2 Å². The topological polar surface area (TPSA) is 15.6 Å². The second kappa shape index (κ2) is 1.64. The van der Waals surface area contributed by atoms with Crippen LogP contribution in [0.4, 0.5) is 0 Å². The van der Waals surface area contributed by atoms with Crippen LogP contribution in [-0.4, -0.2) is 11.2 Å². The van der Waals surface area contributed by atoms with Gasteiger partial charge in [0.1, 0.15) is 6.04 Å². The Morgan fingerprint density at radius 1 is 1.36 bits per heavy atom. The highest BCUT2D eigenvalue weighted by Gasteiger charge is 2.32. The predicted molar refractivity (Wildman–Crippen MR) is 43.2 cm³/mol. The fourth-order valence-corrected chi connectivity index (χ4v) is 1.75. The van der Waals surface area contributed by atoms with Crippen LogP contribution in [0.3, 0.4) is 0 Å². The first-order valence-corrected chi connectivity index (χ1v) is 3.84. The van der Waals surface area contributed by atoms with Crippen LogP contribution in [0.15, 0.2) is 29.4 Å². The number of hydrogen-bond donors (Lipinski definition) is 0. The van der Waals surface area contributed by atoms with Gasteiger partial charge in [-0.2, -0.15) is 5.10 Å². The Morgan fingerprint density at radius 2 is 2.27 bits per heavy atom. The van der Waals surface area contributed by atoms with E-state index in [1.54, 1.807) is 0 Å². The van der Waals surface area contributed by atoms with Gasteiger partial charge in [0.25, 0.3) is 0 Å². The van der Waals surface area contributed by atoms with Crippen LogP contribution in [0.25, 0.3) is 0 Å². The minimum atomic E-state index is 0.492. The Hall–Kier alpha value is -1.31. The van der Waals surface area contributed by atoms with Gasteiger partial charge in [0.05, 0.1) is 12.8 Å². The fourth-order valence-electron chi connectivity index (χ4n) is 1.75. The second-order valence-corrected chi connectivity index (χ2v) is 3.01. The van der Waals surface area contributed by atoms with Gasteiger partial charge in [-0.15, -0.1) is 0 Å². The summed E-state index contributed by atoms with van der Waals surface area (Å²) >= 11 is 0. The molecule has 2 heterocycles. The van der Waals surface area contributed by atoms with E-state index in [4.69, 9.17) is 0 Å². The van der Waals surface area contributed by atoms with Crippen molar-refractivity contribution in [3.63, 3.8) is 0 Å². The third kappa shape index (κ3) is 0.546. The second-order valence-electron chi connectivity index (χ2n) is 3.01. The highest BCUT2D eigenvalue weighted by atomic mass is 15.5.